The molecule has 6 rings (SSSR count). The van der Waals surface area contributed by atoms with E-state index in [1.807, 2.05) is 24.0 Å². The van der Waals surface area contributed by atoms with E-state index in [9.17, 15) is 9.59 Å². The van der Waals surface area contributed by atoms with Gasteiger partial charge in [-0.1, -0.05) is 0 Å². The lowest BCUT2D eigenvalue weighted by Crippen LogP contribution is -2.56. The lowest BCUT2D eigenvalue weighted by Gasteiger charge is -2.39. The summed E-state index contributed by atoms with van der Waals surface area (Å²) in [6, 6.07) is 7.66. The number of aryl methyl sites for hydroxylation is 1. The first-order valence-corrected chi connectivity index (χ1v) is 12.2. The van der Waals surface area contributed by atoms with Crippen molar-refractivity contribution in [2.75, 3.05) is 39.5 Å². The van der Waals surface area contributed by atoms with E-state index < -0.39 is 0 Å². The first kappa shape index (κ1) is 21.7. The Hall–Kier alpha value is -2.84. The average Bonchev–Trinajstić information content (AvgIpc) is 3.68. The highest BCUT2D eigenvalue weighted by Gasteiger charge is 2.40. The van der Waals surface area contributed by atoms with Crippen molar-refractivity contribution in [1.82, 2.24) is 9.47 Å². The first-order valence-electron chi connectivity index (χ1n) is 12.2. The summed E-state index contributed by atoms with van der Waals surface area (Å²) in [7, 11) is 0. The fourth-order valence-electron chi connectivity index (χ4n) is 5.01. The molecule has 8 heteroatoms. The van der Waals surface area contributed by atoms with Crippen LogP contribution in [0.2, 0.25) is 0 Å². The molecular formula is C26H30N2O6. The highest BCUT2D eigenvalue weighted by molar-refractivity contribution is 5.81. The van der Waals surface area contributed by atoms with E-state index in [-0.39, 0.29) is 29.5 Å². The van der Waals surface area contributed by atoms with Gasteiger partial charge in [-0.15, -0.1) is 0 Å². The Morgan fingerprint density at radius 2 is 2.03 bits per heavy atom. The van der Waals surface area contributed by atoms with Crippen LogP contribution in [-0.2, 0) is 27.2 Å². The molecular weight excluding hydrogens is 436 g/mol. The van der Waals surface area contributed by atoms with Crippen LogP contribution in [0.15, 0.2) is 29.1 Å². The monoisotopic (exact) mass is 466 g/mol. The number of likely N-dealkylation sites (tertiary alicyclic amines) is 1. The van der Waals surface area contributed by atoms with Gasteiger partial charge in [-0.05, 0) is 49.9 Å². The van der Waals surface area contributed by atoms with Gasteiger partial charge in [-0.3, -0.25) is 9.59 Å². The van der Waals surface area contributed by atoms with Crippen LogP contribution in [0.4, 0.5) is 0 Å². The molecule has 3 aliphatic heterocycles. The molecule has 4 heterocycles. The molecule has 0 radical (unpaired) electrons. The van der Waals surface area contributed by atoms with E-state index in [0.29, 0.717) is 51.0 Å². The number of carbonyl (C=O) groups is 1. The molecule has 4 aliphatic rings. The zero-order valence-electron chi connectivity index (χ0n) is 19.5. The molecule has 180 valence electrons. The fraction of sp³-hybridized carbons (Fsp3) is 0.538. The summed E-state index contributed by atoms with van der Waals surface area (Å²) >= 11 is 0. The molecule has 8 nitrogen and oxygen atoms in total. The van der Waals surface area contributed by atoms with E-state index in [2.05, 4.69) is 10.6 Å². The molecule has 1 aliphatic carbocycles. The van der Waals surface area contributed by atoms with Gasteiger partial charge in [0.1, 0.15) is 24.6 Å². The number of benzene rings is 1. The van der Waals surface area contributed by atoms with Gasteiger partial charge in [0, 0.05) is 29.7 Å². The number of nitrogens with zero attached hydrogens (tertiary/aromatic N) is 2. The summed E-state index contributed by atoms with van der Waals surface area (Å²) < 4.78 is 25.4. The SMILES string of the molecule is Cc1c2n(c(OC[C@@H]3COCCO3)cc1=O)CCc1cc(OC3CN(C(=O)C4CC4)C3)ccc1-2. The lowest BCUT2D eigenvalue weighted by atomic mass is 9.94. The van der Waals surface area contributed by atoms with Gasteiger partial charge >= 0.3 is 0 Å². The summed E-state index contributed by atoms with van der Waals surface area (Å²) in [4.78, 5) is 26.8. The Kier molecular flexibility index (Phi) is 5.57. The molecule has 2 aromatic rings. The van der Waals surface area contributed by atoms with Crippen molar-refractivity contribution in [2.24, 2.45) is 5.92 Å². The van der Waals surface area contributed by atoms with Crippen LogP contribution in [0.5, 0.6) is 11.6 Å². The van der Waals surface area contributed by atoms with Crippen LogP contribution in [-0.4, -0.2) is 67.1 Å². The highest BCUT2D eigenvalue weighted by Crippen LogP contribution is 2.37. The van der Waals surface area contributed by atoms with Gasteiger partial charge in [0.15, 0.2) is 11.3 Å². The van der Waals surface area contributed by atoms with Crippen LogP contribution in [0.25, 0.3) is 11.3 Å². The fourth-order valence-corrected chi connectivity index (χ4v) is 5.01. The van der Waals surface area contributed by atoms with Crippen molar-refractivity contribution in [2.45, 2.75) is 44.9 Å². The summed E-state index contributed by atoms with van der Waals surface area (Å²) in [6.07, 6.45) is 2.81. The topological polar surface area (TPSA) is 79.2 Å². The normalized spacial score (nSPS) is 21.9. The number of amides is 1. The Morgan fingerprint density at radius 3 is 2.79 bits per heavy atom. The number of rotatable bonds is 6. The highest BCUT2D eigenvalue weighted by atomic mass is 16.6. The third kappa shape index (κ3) is 4.09. The smallest absolute Gasteiger partial charge is 0.225 e. The quantitative estimate of drug-likeness (QED) is 0.649. The molecule has 1 saturated carbocycles. The second-order valence-electron chi connectivity index (χ2n) is 9.68. The summed E-state index contributed by atoms with van der Waals surface area (Å²) in [6.45, 7) is 5.95. The molecule has 34 heavy (non-hydrogen) atoms. The minimum Gasteiger partial charge on any atom is -0.487 e. The Labute approximate surface area is 198 Å². The van der Waals surface area contributed by atoms with Crippen molar-refractivity contribution in [3.05, 3.63) is 45.6 Å². The van der Waals surface area contributed by atoms with E-state index in [1.54, 1.807) is 6.07 Å². The minimum absolute atomic E-state index is 0.0369. The predicted molar refractivity (Wildman–Crippen MR) is 124 cm³/mol. The zero-order chi connectivity index (χ0) is 23.2. The minimum atomic E-state index is -0.126. The van der Waals surface area contributed by atoms with Gasteiger partial charge < -0.3 is 28.4 Å². The zero-order valence-corrected chi connectivity index (χ0v) is 19.5. The number of hydrogen-bond donors (Lipinski definition) is 0. The van der Waals surface area contributed by atoms with Crippen LogP contribution < -0.4 is 14.9 Å². The molecule has 3 fully saturated rings. The van der Waals surface area contributed by atoms with Crippen LogP contribution in [0.3, 0.4) is 0 Å². The first-order chi connectivity index (χ1) is 16.6. The number of fused-ring (bicyclic) bond motifs is 3. The number of aromatic nitrogens is 1. The number of ether oxygens (including phenoxy) is 4. The second kappa shape index (κ2) is 8.74. The standard InChI is InChI=1S/C26H30N2O6/c1-16-23(29)11-24(33-15-21-14-31-8-9-32-21)28-7-6-18-10-19(4-5-22(18)25(16)28)34-20-12-27(13-20)26(30)17-2-3-17/h4-5,10-11,17,20-21H,2-3,6-9,12-15H2,1H3/t21-/m0/s1. The summed E-state index contributed by atoms with van der Waals surface area (Å²) in [5.41, 5.74) is 3.78. The van der Waals surface area contributed by atoms with Crippen molar-refractivity contribution >= 4 is 5.91 Å². The molecule has 1 amide bonds. The van der Waals surface area contributed by atoms with E-state index in [4.69, 9.17) is 18.9 Å². The van der Waals surface area contributed by atoms with Gasteiger partial charge in [0.2, 0.25) is 5.91 Å². The molecule has 0 spiro atoms. The van der Waals surface area contributed by atoms with Crippen molar-refractivity contribution in [3.8, 4) is 22.9 Å². The average molecular weight is 467 g/mol. The maximum atomic E-state index is 12.8. The van der Waals surface area contributed by atoms with Gasteiger partial charge in [-0.2, -0.15) is 0 Å². The lowest BCUT2D eigenvalue weighted by molar-refractivity contribution is -0.141. The van der Waals surface area contributed by atoms with Gasteiger partial charge in [0.25, 0.3) is 0 Å². The molecule has 2 saturated heterocycles. The largest absolute Gasteiger partial charge is 0.487 e. The van der Waals surface area contributed by atoms with E-state index in [1.165, 1.54) is 0 Å². The maximum absolute atomic E-state index is 12.8. The number of carbonyl (C=O) groups excluding carboxylic acids is 1. The summed E-state index contributed by atoms with van der Waals surface area (Å²) in [5, 5.41) is 0. The molecule has 0 unspecified atom stereocenters. The van der Waals surface area contributed by atoms with E-state index in [0.717, 1.165) is 48.4 Å². The van der Waals surface area contributed by atoms with Crippen molar-refractivity contribution in [3.63, 3.8) is 0 Å². The van der Waals surface area contributed by atoms with Crippen LogP contribution in [0, 0.1) is 12.8 Å². The number of pyridine rings is 1. The molecule has 0 bridgehead atoms. The third-order valence-corrected chi connectivity index (χ3v) is 7.14. The van der Waals surface area contributed by atoms with Gasteiger partial charge in [0.05, 0.1) is 38.6 Å². The Bertz CT molecular complexity index is 1160. The predicted octanol–water partition coefficient (Wildman–Crippen LogP) is 2.17. The Balaban J connectivity index is 1.19. The molecule has 1 atom stereocenters. The molecule has 1 aromatic heterocycles. The van der Waals surface area contributed by atoms with Crippen LogP contribution in [0.1, 0.15) is 24.0 Å². The molecule has 1 aromatic carbocycles. The van der Waals surface area contributed by atoms with Crippen molar-refractivity contribution < 1.29 is 23.7 Å². The second-order valence-corrected chi connectivity index (χ2v) is 9.68. The molecule has 0 N–H and O–H groups in total. The number of hydrogen-bond acceptors (Lipinski definition) is 6. The van der Waals surface area contributed by atoms with Crippen molar-refractivity contribution in [1.29, 1.82) is 0 Å². The Morgan fingerprint density at radius 1 is 1.18 bits per heavy atom. The van der Waals surface area contributed by atoms with Gasteiger partial charge in [-0.25, -0.2) is 0 Å². The van der Waals surface area contributed by atoms with Crippen LogP contribution >= 0.6 is 0 Å². The van der Waals surface area contributed by atoms with E-state index >= 15 is 0 Å². The maximum Gasteiger partial charge on any atom is 0.225 e. The summed E-state index contributed by atoms with van der Waals surface area (Å²) in [5.74, 6) is 1.93. The third-order valence-electron chi connectivity index (χ3n) is 7.14.